The Morgan fingerprint density at radius 1 is 1.40 bits per heavy atom. The van der Waals surface area contributed by atoms with E-state index in [0.29, 0.717) is 18.8 Å². The maximum Gasteiger partial charge on any atom is 0.248 e. The molecule has 0 radical (unpaired) electrons. The second-order valence-corrected chi connectivity index (χ2v) is 6.77. The van der Waals surface area contributed by atoms with Crippen molar-refractivity contribution < 1.29 is 12.9 Å². The van der Waals surface area contributed by atoms with Gasteiger partial charge >= 0.3 is 0 Å². The number of rotatable bonds is 3. The van der Waals surface area contributed by atoms with Gasteiger partial charge in [0.1, 0.15) is 16.9 Å². The van der Waals surface area contributed by atoms with E-state index in [1.54, 1.807) is 13.1 Å². The van der Waals surface area contributed by atoms with Gasteiger partial charge in [-0.05, 0) is 25.5 Å². The summed E-state index contributed by atoms with van der Waals surface area (Å²) in [6.45, 7) is 2.57. The summed E-state index contributed by atoms with van der Waals surface area (Å²) in [5.41, 5.74) is 1.33. The monoisotopic (exact) mass is 293 g/mol. The van der Waals surface area contributed by atoms with Crippen molar-refractivity contribution in [3.63, 3.8) is 0 Å². The first-order chi connectivity index (χ1) is 9.59. The molecule has 1 saturated heterocycles. The third-order valence-electron chi connectivity index (χ3n) is 3.58. The fourth-order valence-electron chi connectivity index (χ4n) is 2.48. The van der Waals surface area contributed by atoms with Gasteiger partial charge in [0, 0.05) is 30.9 Å². The van der Waals surface area contributed by atoms with E-state index in [0.717, 1.165) is 12.1 Å². The number of aromatic nitrogens is 2. The Balaban J connectivity index is 1.83. The molecule has 0 saturated carbocycles. The fraction of sp³-hybridized carbons (Fsp3) is 0.385. The first-order valence-corrected chi connectivity index (χ1v) is 7.85. The van der Waals surface area contributed by atoms with E-state index in [9.17, 15) is 8.42 Å². The first kappa shape index (κ1) is 13.3. The van der Waals surface area contributed by atoms with Crippen molar-refractivity contribution in [3.8, 4) is 0 Å². The van der Waals surface area contributed by atoms with E-state index in [1.807, 2.05) is 18.2 Å². The van der Waals surface area contributed by atoms with Crippen LogP contribution in [0.3, 0.4) is 0 Å². The van der Waals surface area contributed by atoms with Gasteiger partial charge in [0.15, 0.2) is 0 Å². The van der Waals surface area contributed by atoms with E-state index >= 15 is 0 Å². The minimum atomic E-state index is -3.52. The molecule has 1 atom stereocenters. The molecule has 2 aromatic heterocycles. The second kappa shape index (κ2) is 4.99. The van der Waals surface area contributed by atoms with Crippen LogP contribution in [0.1, 0.15) is 23.7 Å². The molecule has 2 aromatic rings. The summed E-state index contributed by atoms with van der Waals surface area (Å²) in [6, 6.07) is 5.71. The molecule has 0 N–H and O–H groups in total. The van der Waals surface area contributed by atoms with Crippen LogP contribution in [0.15, 0.2) is 40.1 Å². The third kappa shape index (κ3) is 2.23. The van der Waals surface area contributed by atoms with Gasteiger partial charge in [-0.1, -0.05) is 11.2 Å². The van der Waals surface area contributed by atoms with Gasteiger partial charge in [-0.2, -0.15) is 4.31 Å². The molecule has 1 fully saturated rings. The minimum Gasteiger partial charge on any atom is -0.363 e. The van der Waals surface area contributed by atoms with E-state index in [2.05, 4.69) is 10.1 Å². The van der Waals surface area contributed by atoms with Crippen LogP contribution in [0.25, 0.3) is 0 Å². The summed E-state index contributed by atoms with van der Waals surface area (Å²) in [4.78, 5) is 4.46. The molecule has 20 heavy (non-hydrogen) atoms. The topological polar surface area (TPSA) is 76.3 Å². The number of pyridine rings is 1. The van der Waals surface area contributed by atoms with Gasteiger partial charge < -0.3 is 4.52 Å². The molecule has 6 nitrogen and oxygen atoms in total. The SMILES string of the molecule is Cc1nocc1S(=O)(=O)N1CCC(c2ccccn2)C1. The van der Waals surface area contributed by atoms with Crippen LogP contribution < -0.4 is 0 Å². The highest BCUT2D eigenvalue weighted by atomic mass is 32.2. The predicted molar refractivity (Wildman–Crippen MR) is 71.6 cm³/mol. The van der Waals surface area contributed by atoms with Gasteiger partial charge in [-0.3, -0.25) is 4.98 Å². The molecule has 3 heterocycles. The van der Waals surface area contributed by atoms with Crippen molar-refractivity contribution in [1.82, 2.24) is 14.4 Å². The third-order valence-corrected chi connectivity index (χ3v) is 5.54. The Kier molecular flexibility index (Phi) is 3.31. The van der Waals surface area contributed by atoms with Crippen molar-refractivity contribution in [2.75, 3.05) is 13.1 Å². The van der Waals surface area contributed by atoms with E-state index in [-0.39, 0.29) is 10.8 Å². The average molecular weight is 293 g/mol. The highest BCUT2D eigenvalue weighted by Gasteiger charge is 2.35. The first-order valence-electron chi connectivity index (χ1n) is 6.41. The maximum absolute atomic E-state index is 12.5. The van der Waals surface area contributed by atoms with E-state index in [4.69, 9.17) is 4.52 Å². The smallest absolute Gasteiger partial charge is 0.248 e. The van der Waals surface area contributed by atoms with Crippen LogP contribution in [-0.4, -0.2) is 36.0 Å². The molecule has 1 aliphatic heterocycles. The molecule has 0 bridgehead atoms. The van der Waals surface area contributed by atoms with Crippen LogP contribution in [0.5, 0.6) is 0 Å². The van der Waals surface area contributed by atoms with Gasteiger partial charge in [0.2, 0.25) is 10.0 Å². The number of nitrogens with zero attached hydrogens (tertiary/aromatic N) is 3. The Morgan fingerprint density at radius 2 is 2.25 bits per heavy atom. The molecule has 0 spiro atoms. The van der Waals surface area contributed by atoms with E-state index < -0.39 is 10.0 Å². The Bertz CT molecular complexity index is 697. The van der Waals surface area contributed by atoms with E-state index in [1.165, 1.54) is 10.6 Å². The summed E-state index contributed by atoms with van der Waals surface area (Å²) in [7, 11) is -3.52. The standard InChI is InChI=1S/C13H15N3O3S/c1-10-13(9-19-15-10)20(17,18)16-7-5-11(8-16)12-4-2-3-6-14-12/h2-4,6,9,11H,5,7-8H2,1H3. The predicted octanol–water partition coefficient (Wildman–Crippen LogP) is 1.56. The van der Waals surface area contributed by atoms with Crippen LogP contribution in [0.4, 0.5) is 0 Å². The van der Waals surface area contributed by atoms with Crippen LogP contribution in [0, 0.1) is 6.92 Å². The van der Waals surface area contributed by atoms with Crippen LogP contribution >= 0.6 is 0 Å². The quantitative estimate of drug-likeness (QED) is 0.858. The summed E-state index contributed by atoms with van der Waals surface area (Å²) in [5.74, 6) is 0.145. The van der Waals surface area contributed by atoms with Crippen molar-refractivity contribution in [1.29, 1.82) is 0 Å². The van der Waals surface area contributed by atoms with Crippen LogP contribution in [0.2, 0.25) is 0 Å². The van der Waals surface area contributed by atoms with Crippen molar-refractivity contribution >= 4 is 10.0 Å². The minimum absolute atomic E-state index is 0.145. The maximum atomic E-state index is 12.5. The molecular weight excluding hydrogens is 278 g/mol. The Hall–Kier alpha value is -1.73. The normalized spacial score (nSPS) is 20.4. The van der Waals surface area contributed by atoms with Gasteiger partial charge in [0.25, 0.3) is 0 Å². The molecule has 1 aliphatic rings. The van der Waals surface area contributed by atoms with Crippen molar-refractivity contribution in [2.24, 2.45) is 0 Å². The molecular formula is C13H15N3O3S. The summed E-state index contributed by atoms with van der Waals surface area (Å²) < 4.78 is 31.2. The highest BCUT2D eigenvalue weighted by molar-refractivity contribution is 7.89. The largest absolute Gasteiger partial charge is 0.363 e. The van der Waals surface area contributed by atoms with Crippen molar-refractivity contribution in [3.05, 3.63) is 42.0 Å². The molecule has 7 heteroatoms. The molecule has 106 valence electrons. The molecule has 0 aromatic carbocycles. The number of sulfonamides is 1. The molecule has 1 unspecified atom stereocenters. The lowest BCUT2D eigenvalue weighted by molar-refractivity contribution is 0.412. The molecule has 0 aliphatic carbocycles. The lowest BCUT2D eigenvalue weighted by Gasteiger charge is -2.15. The zero-order valence-corrected chi connectivity index (χ0v) is 11.9. The van der Waals surface area contributed by atoms with Crippen molar-refractivity contribution in [2.45, 2.75) is 24.2 Å². The molecule has 0 amide bonds. The molecule has 3 rings (SSSR count). The highest BCUT2D eigenvalue weighted by Crippen LogP contribution is 2.30. The Morgan fingerprint density at radius 3 is 2.90 bits per heavy atom. The summed E-state index contributed by atoms with van der Waals surface area (Å²) in [6.07, 6.45) is 3.70. The average Bonchev–Trinajstić information content (AvgIpc) is 3.08. The van der Waals surface area contributed by atoms with Gasteiger partial charge in [-0.25, -0.2) is 8.42 Å². The van der Waals surface area contributed by atoms with Crippen LogP contribution in [-0.2, 0) is 10.0 Å². The van der Waals surface area contributed by atoms with Gasteiger partial charge in [0.05, 0.1) is 0 Å². The zero-order valence-electron chi connectivity index (χ0n) is 11.1. The number of aryl methyl sites for hydroxylation is 1. The second-order valence-electron chi connectivity index (χ2n) is 4.87. The lowest BCUT2D eigenvalue weighted by atomic mass is 10.0. The summed E-state index contributed by atoms with van der Waals surface area (Å²) >= 11 is 0. The number of hydrogen-bond acceptors (Lipinski definition) is 5. The fourth-order valence-corrected chi connectivity index (χ4v) is 4.05. The zero-order chi connectivity index (χ0) is 14.2. The summed E-state index contributed by atoms with van der Waals surface area (Å²) in [5, 5.41) is 3.64. The van der Waals surface area contributed by atoms with Gasteiger partial charge in [-0.15, -0.1) is 0 Å². The Labute approximate surface area is 117 Å². The number of hydrogen-bond donors (Lipinski definition) is 0. The lowest BCUT2D eigenvalue weighted by Crippen LogP contribution is -2.29.